The van der Waals surface area contributed by atoms with Crippen LogP contribution in [0.2, 0.25) is 5.02 Å². The van der Waals surface area contributed by atoms with E-state index in [1.807, 2.05) is 18.2 Å². The van der Waals surface area contributed by atoms with Crippen LogP contribution in [0.15, 0.2) is 58.6 Å². The largest absolute Gasteiger partial charge is 0.435 e. The van der Waals surface area contributed by atoms with Crippen molar-refractivity contribution in [2.24, 2.45) is 0 Å². The lowest BCUT2D eigenvalue weighted by atomic mass is 10.2. The van der Waals surface area contributed by atoms with E-state index in [0.29, 0.717) is 32.3 Å². The molecule has 0 atom stereocenters. The SMILES string of the molecule is O=C(Nc1nn(Cc2ccccc2Cl)cc1Br)c1cc(Cn2ccc(C(F)(F)F)n2)cs1. The zero-order valence-electron chi connectivity index (χ0n) is 16.1. The molecule has 6 nitrogen and oxygen atoms in total. The second-order valence-electron chi connectivity index (χ2n) is 6.78. The van der Waals surface area contributed by atoms with Crippen LogP contribution in [0, 0.1) is 0 Å². The second-order valence-corrected chi connectivity index (χ2v) is 8.96. The fraction of sp³-hybridized carbons (Fsp3) is 0.150. The Bertz CT molecular complexity index is 1270. The van der Waals surface area contributed by atoms with Crippen LogP contribution in [0.25, 0.3) is 0 Å². The van der Waals surface area contributed by atoms with Gasteiger partial charge in [0.05, 0.1) is 22.4 Å². The number of alkyl halides is 3. The molecule has 166 valence electrons. The van der Waals surface area contributed by atoms with E-state index in [1.54, 1.807) is 28.4 Å². The van der Waals surface area contributed by atoms with Crippen LogP contribution in [-0.4, -0.2) is 25.5 Å². The van der Waals surface area contributed by atoms with E-state index >= 15 is 0 Å². The number of carbonyl (C=O) groups excluding carboxylic acids is 1. The fourth-order valence-electron chi connectivity index (χ4n) is 2.90. The predicted octanol–water partition coefficient (Wildman–Crippen LogP) is 5.92. The molecule has 3 aromatic heterocycles. The van der Waals surface area contributed by atoms with E-state index in [4.69, 9.17) is 11.6 Å². The molecule has 4 rings (SSSR count). The molecule has 0 saturated heterocycles. The molecule has 0 aliphatic rings. The Morgan fingerprint density at radius 3 is 2.66 bits per heavy atom. The van der Waals surface area contributed by atoms with Gasteiger partial charge in [0.25, 0.3) is 5.91 Å². The average Bonchev–Trinajstić information content (AvgIpc) is 3.45. The third-order valence-corrected chi connectivity index (χ3v) is 6.32. The quantitative estimate of drug-likeness (QED) is 0.328. The first kappa shape index (κ1) is 22.6. The molecule has 0 unspecified atom stereocenters. The number of anilines is 1. The van der Waals surface area contributed by atoms with Gasteiger partial charge in [-0.25, -0.2) is 0 Å². The summed E-state index contributed by atoms with van der Waals surface area (Å²) in [4.78, 5) is 13.0. The van der Waals surface area contributed by atoms with E-state index in [9.17, 15) is 18.0 Å². The highest BCUT2D eigenvalue weighted by Crippen LogP contribution is 2.28. The van der Waals surface area contributed by atoms with Crippen molar-refractivity contribution in [3.05, 3.63) is 85.4 Å². The second kappa shape index (κ2) is 9.08. The summed E-state index contributed by atoms with van der Waals surface area (Å²) in [6.07, 6.45) is -1.51. The molecule has 0 radical (unpaired) electrons. The highest BCUT2D eigenvalue weighted by Gasteiger charge is 2.33. The summed E-state index contributed by atoms with van der Waals surface area (Å²) in [6.45, 7) is 0.553. The Labute approximate surface area is 197 Å². The molecule has 0 aliphatic heterocycles. The molecule has 1 aromatic carbocycles. The number of rotatable bonds is 6. The maximum atomic E-state index is 12.7. The van der Waals surface area contributed by atoms with Crippen molar-refractivity contribution in [3.63, 3.8) is 0 Å². The molecule has 0 spiro atoms. The van der Waals surface area contributed by atoms with Crippen LogP contribution in [0.5, 0.6) is 0 Å². The van der Waals surface area contributed by atoms with Gasteiger partial charge in [-0.1, -0.05) is 29.8 Å². The van der Waals surface area contributed by atoms with Gasteiger partial charge in [0.2, 0.25) is 0 Å². The number of carbonyl (C=O) groups is 1. The van der Waals surface area contributed by atoms with Gasteiger partial charge in [0.15, 0.2) is 11.5 Å². The van der Waals surface area contributed by atoms with Crippen molar-refractivity contribution in [1.29, 1.82) is 0 Å². The van der Waals surface area contributed by atoms with Crippen molar-refractivity contribution in [1.82, 2.24) is 19.6 Å². The molecule has 3 heterocycles. The summed E-state index contributed by atoms with van der Waals surface area (Å²) in [5.41, 5.74) is 0.598. The first-order valence-electron chi connectivity index (χ1n) is 9.15. The molecule has 4 aromatic rings. The molecular formula is C20H14BrClF3N5OS. The van der Waals surface area contributed by atoms with Gasteiger partial charge >= 0.3 is 6.18 Å². The lowest BCUT2D eigenvalue weighted by Gasteiger charge is -2.04. The monoisotopic (exact) mass is 543 g/mol. The fourth-order valence-corrected chi connectivity index (χ4v) is 4.31. The van der Waals surface area contributed by atoms with Crippen LogP contribution in [-0.2, 0) is 19.3 Å². The smallest absolute Gasteiger partial charge is 0.303 e. The topological polar surface area (TPSA) is 64.7 Å². The number of thiophene rings is 1. The minimum atomic E-state index is -4.49. The Morgan fingerprint density at radius 1 is 1.16 bits per heavy atom. The first-order chi connectivity index (χ1) is 15.2. The number of nitrogens with one attached hydrogen (secondary N) is 1. The van der Waals surface area contributed by atoms with Crippen LogP contribution in [0.1, 0.15) is 26.5 Å². The normalized spacial score (nSPS) is 11.7. The molecule has 0 aliphatic carbocycles. The standard InChI is InChI=1S/C20H14BrClF3N5OS/c21-14-10-30(9-13-3-1-2-4-15(13)22)28-18(14)26-19(31)16-7-12(11-32-16)8-29-6-5-17(27-29)20(23,24)25/h1-7,10-11H,8-9H2,(H,26,28,31). The van der Waals surface area contributed by atoms with Gasteiger partial charge < -0.3 is 5.32 Å². The van der Waals surface area contributed by atoms with Gasteiger partial charge in [-0.2, -0.15) is 23.4 Å². The van der Waals surface area contributed by atoms with Gasteiger partial charge in [0.1, 0.15) is 0 Å². The predicted molar refractivity (Wildman–Crippen MR) is 119 cm³/mol. The molecule has 1 amide bonds. The zero-order valence-corrected chi connectivity index (χ0v) is 19.3. The highest BCUT2D eigenvalue weighted by molar-refractivity contribution is 9.10. The van der Waals surface area contributed by atoms with Crippen molar-refractivity contribution in [2.75, 3.05) is 5.32 Å². The van der Waals surface area contributed by atoms with E-state index in [2.05, 4.69) is 31.4 Å². The number of nitrogens with zero attached hydrogens (tertiary/aromatic N) is 4. The summed E-state index contributed by atoms with van der Waals surface area (Å²) in [5, 5.41) is 13.0. The van der Waals surface area contributed by atoms with Crippen LogP contribution < -0.4 is 5.32 Å². The zero-order chi connectivity index (χ0) is 22.9. The van der Waals surface area contributed by atoms with Gasteiger partial charge in [-0.15, -0.1) is 11.3 Å². The van der Waals surface area contributed by atoms with E-state index in [-0.39, 0.29) is 12.5 Å². The highest BCUT2D eigenvalue weighted by atomic mass is 79.9. The van der Waals surface area contributed by atoms with Crippen LogP contribution in [0.4, 0.5) is 19.0 Å². The van der Waals surface area contributed by atoms with Gasteiger partial charge in [-0.3, -0.25) is 14.2 Å². The number of halogens is 5. The molecule has 1 N–H and O–H groups in total. The average molecular weight is 545 g/mol. The molecule has 0 fully saturated rings. The van der Waals surface area contributed by atoms with Crippen LogP contribution in [0.3, 0.4) is 0 Å². The summed E-state index contributed by atoms with van der Waals surface area (Å²) in [6, 6.07) is 9.93. The third kappa shape index (κ3) is 5.22. The number of hydrogen-bond acceptors (Lipinski definition) is 4. The van der Waals surface area contributed by atoms with Crippen LogP contribution >= 0.6 is 38.9 Å². The first-order valence-corrected chi connectivity index (χ1v) is 11.2. The minimum absolute atomic E-state index is 0.121. The molecule has 12 heteroatoms. The molecular weight excluding hydrogens is 531 g/mol. The van der Waals surface area contributed by atoms with Gasteiger partial charge in [0, 0.05) is 17.4 Å². The van der Waals surface area contributed by atoms with Crippen molar-refractivity contribution in [2.45, 2.75) is 19.3 Å². The Morgan fingerprint density at radius 2 is 1.94 bits per heavy atom. The van der Waals surface area contributed by atoms with Crippen molar-refractivity contribution < 1.29 is 18.0 Å². The maximum absolute atomic E-state index is 12.7. The molecule has 0 saturated carbocycles. The molecule has 32 heavy (non-hydrogen) atoms. The Balaban J connectivity index is 1.42. The summed E-state index contributed by atoms with van der Waals surface area (Å²) in [5.74, 6) is -0.0275. The number of amides is 1. The van der Waals surface area contributed by atoms with Crippen molar-refractivity contribution >= 4 is 50.6 Å². The number of aromatic nitrogens is 4. The molecule has 0 bridgehead atoms. The van der Waals surface area contributed by atoms with E-state index < -0.39 is 11.9 Å². The van der Waals surface area contributed by atoms with E-state index in [1.165, 1.54) is 22.2 Å². The van der Waals surface area contributed by atoms with Gasteiger partial charge in [-0.05, 0) is 50.6 Å². The lowest BCUT2D eigenvalue weighted by Crippen LogP contribution is -2.12. The Kier molecular flexibility index (Phi) is 6.40. The van der Waals surface area contributed by atoms with E-state index in [0.717, 1.165) is 11.6 Å². The third-order valence-electron chi connectivity index (χ3n) is 4.39. The number of benzene rings is 1. The van der Waals surface area contributed by atoms with Crippen molar-refractivity contribution in [3.8, 4) is 0 Å². The number of hydrogen-bond donors (Lipinski definition) is 1. The summed E-state index contributed by atoms with van der Waals surface area (Å²) >= 11 is 10.8. The summed E-state index contributed by atoms with van der Waals surface area (Å²) in [7, 11) is 0. The maximum Gasteiger partial charge on any atom is 0.435 e. The summed E-state index contributed by atoms with van der Waals surface area (Å²) < 4.78 is 41.5. The minimum Gasteiger partial charge on any atom is -0.303 e. The lowest BCUT2D eigenvalue weighted by molar-refractivity contribution is -0.141. The Hall–Kier alpha value is -2.63.